The summed E-state index contributed by atoms with van der Waals surface area (Å²) >= 11 is 2.48. The van der Waals surface area contributed by atoms with E-state index in [1.54, 1.807) is 0 Å². The second kappa shape index (κ2) is 7.01. The Bertz CT molecular complexity index is 144. The standard InChI is InChI=1S/C11H23IN2/c1-10(2)11(9-12)13-5-8-14-6-3-4-7-14/h10-11,13H,3-9H2,1-2H3. The fourth-order valence-electron chi connectivity index (χ4n) is 1.88. The highest BCUT2D eigenvalue weighted by molar-refractivity contribution is 14.1. The molecular weight excluding hydrogens is 287 g/mol. The van der Waals surface area contributed by atoms with Crippen molar-refractivity contribution < 1.29 is 0 Å². The maximum Gasteiger partial charge on any atom is 0.0180 e. The van der Waals surface area contributed by atoms with Crippen molar-refractivity contribution in [3.05, 3.63) is 0 Å². The minimum absolute atomic E-state index is 0.693. The lowest BCUT2D eigenvalue weighted by atomic mass is 10.1. The number of alkyl halides is 1. The Labute approximate surface area is 102 Å². The molecule has 0 aliphatic carbocycles. The molecule has 1 rings (SSSR count). The lowest BCUT2D eigenvalue weighted by Gasteiger charge is -2.22. The fraction of sp³-hybridized carbons (Fsp3) is 1.00. The van der Waals surface area contributed by atoms with Gasteiger partial charge in [0, 0.05) is 23.6 Å². The van der Waals surface area contributed by atoms with Crippen LogP contribution in [0, 0.1) is 5.92 Å². The van der Waals surface area contributed by atoms with Crippen molar-refractivity contribution in [2.24, 2.45) is 5.92 Å². The van der Waals surface area contributed by atoms with E-state index in [-0.39, 0.29) is 0 Å². The molecule has 1 heterocycles. The molecule has 1 aliphatic rings. The van der Waals surface area contributed by atoms with E-state index < -0.39 is 0 Å². The summed E-state index contributed by atoms with van der Waals surface area (Å²) in [4.78, 5) is 2.57. The van der Waals surface area contributed by atoms with Crippen LogP contribution in [0.25, 0.3) is 0 Å². The summed E-state index contributed by atoms with van der Waals surface area (Å²) in [7, 11) is 0. The zero-order valence-corrected chi connectivity index (χ0v) is 11.6. The van der Waals surface area contributed by atoms with Gasteiger partial charge in [-0.25, -0.2) is 0 Å². The highest BCUT2D eigenvalue weighted by atomic mass is 127. The van der Waals surface area contributed by atoms with Crippen molar-refractivity contribution in [2.45, 2.75) is 32.7 Å². The molecule has 1 fully saturated rings. The lowest BCUT2D eigenvalue weighted by molar-refractivity contribution is 0.319. The molecule has 0 spiro atoms. The Balaban J connectivity index is 2.06. The number of hydrogen-bond donors (Lipinski definition) is 1. The molecule has 1 N–H and O–H groups in total. The average Bonchev–Trinajstić information content (AvgIpc) is 2.64. The molecule has 1 aliphatic heterocycles. The van der Waals surface area contributed by atoms with Gasteiger partial charge in [0.25, 0.3) is 0 Å². The number of nitrogens with zero attached hydrogens (tertiary/aromatic N) is 1. The fourth-order valence-corrected chi connectivity index (χ4v) is 3.21. The average molecular weight is 310 g/mol. The molecule has 14 heavy (non-hydrogen) atoms. The van der Waals surface area contributed by atoms with Gasteiger partial charge < -0.3 is 10.2 Å². The maximum atomic E-state index is 3.65. The largest absolute Gasteiger partial charge is 0.312 e. The Morgan fingerprint density at radius 1 is 1.29 bits per heavy atom. The minimum Gasteiger partial charge on any atom is -0.312 e. The Morgan fingerprint density at radius 2 is 1.93 bits per heavy atom. The zero-order chi connectivity index (χ0) is 10.4. The van der Waals surface area contributed by atoms with Crippen LogP contribution >= 0.6 is 22.6 Å². The molecule has 1 saturated heterocycles. The summed E-state index contributed by atoms with van der Waals surface area (Å²) in [5, 5.41) is 3.65. The molecule has 2 nitrogen and oxygen atoms in total. The summed E-state index contributed by atoms with van der Waals surface area (Å²) in [5.41, 5.74) is 0. The second-order valence-corrected chi connectivity index (χ2v) is 5.39. The topological polar surface area (TPSA) is 15.3 Å². The van der Waals surface area contributed by atoms with Crippen molar-refractivity contribution in [1.29, 1.82) is 0 Å². The first-order valence-corrected chi connectivity index (χ1v) is 7.28. The number of nitrogens with one attached hydrogen (secondary N) is 1. The Morgan fingerprint density at radius 3 is 2.43 bits per heavy atom. The van der Waals surface area contributed by atoms with Gasteiger partial charge in [-0.3, -0.25) is 0 Å². The monoisotopic (exact) mass is 310 g/mol. The van der Waals surface area contributed by atoms with Crippen LogP contribution in [-0.4, -0.2) is 41.5 Å². The molecule has 3 heteroatoms. The number of rotatable bonds is 6. The van der Waals surface area contributed by atoms with Crippen LogP contribution in [0.4, 0.5) is 0 Å². The molecule has 1 unspecified atom stereocenters. The third-order valence-electron chi connectivity index (χ3n) is 3.00. The van der Waals surface area contributed by atoms with Crippen molar-refractivity contribution in [3.63, 3.8) is 0 Å². The number of likely N-dealkylation sites (tertiary alicyclic amines) is 1. The van der Waals surface area contributed by atoms with Crippen LogP contribution in [0.15, 0.2) is 0 Å². The maximum absolute atomic E-state index is 3.65. The lowest BCUT2D eigenvalue weighted by Crippen LogP contribution is -2.40. The van der Waals surface area contributed by atoms with Crippen LogP contribution in [0.2, 0.25) is 0 Å². The van der Waals surface area contributed by atoms with Gasteiger partial charge in [-0.2, -0.15) is 0 Å². The van der Waals surface area contributed by atoms with Gasteiger partial charge in [-0.15, -0.1) is 0 Å². The van der Waals surface area contributed by atoms with Gasteiger partial charge in [-0.1, -0.05) is 36.4 Å². The quantitative estimate of drug-likeness (QED) is 0.597. The molecule has 0 bridgehead atoms. The molecule has 0 radical (unpaired) electrons. The summed E-state index contributed by atoms with van der Waals surface area (Å²) in [5.74, 6) is 0.755. The summed E-state index contributed by atoms with van der Waals surface area (Å²) in [6.45, 7) is 9.63. The van der Waals surface area contributed by atoms with Gasteiger partial charge in [0.2, 0.25) is 0 Å². The molecular formula is C11H23IN2. The predicted octanol–water partition coefficient (Wildman–Crippen LogP) is 2.13. The first-order chi connectivity index (χ1) is 6.74. The van der Waals surface area contributed by atoms with Crippen LogP contribution in [-0.2, 0) is 0 Å². The van der Waals surface area contributed by atoms with Crippen LogP contribution in [0.1, 0.15) is 26.7 Å². The van der Waals surface area contributed by atoms with Crippen molar-refractivity contribution in [3.8, 4) is 0 Å². The van der Waals surface area contributed by atoms with E-state index in [4.69, 9.17) is 0 Å². The minimum atomic E-state index is 0.693. The van der Waals surface area contributed by atoms with E-state index >= 15 is 0 Å². The van der Waals surface area contributed by atoms with Gasteiger partial charge >= 0.3 is 0 Å². The van der Waals surface area contributed by atoms with E-state index in [2.05, 4.69) is 46.7 Å². The molecule has 0 aromatic rings. The zero-order valence-electron chi connectivity index (χ0n) is 9.43. The molecule has 84 valence electrons. The number of halogens is 1. The van der Waals surface area contributed by atoms with Gasteiger partial charge in [0.05, 0.1) is 0 Å². The van der Waals surface area contributed by atoms with Crippen molar-refractivity contribution in [1.82, 2.24) is 10.2 Å². The van der Waals surface area contributed by atoms with E-state index in [9.17, 15) is 0 Å². The van der Waals surface area contributed by atoms with Gasteiger partial charge in [0.1, 0.15) is 0 Å². The predicted molar refractivity (Wildman–Crippen MR) is 71.2 cm³/mol. The van der Waals surface area contributed by atoms with E-state index in [1.165, 1.54) is 36.9 Å². The highest BCUT2D eigenvalue weighted by Crippen LogP contribution is 2.07. The first-order valence-electron chi connectivity index (χ1n) is 5.75. The molecule has 0 saturated carbocycles. The van der Waals surface area contributed by atoms with E-state index in [0.717, 1.165) is 12.5 Å². The molecule has 0 aromatic heterocycles. The van der Waals surface area contributed by atoms with Crippen molar-refractivity contribution in [2.75, 3.05) is 30.6 Å². The second-order valence-electron chi connectivity index (χ2n) is 4.51. The van der Waals surface area contributed by atoms with E-state index in [0.29, 0.717) is 6.04 Å². The van der Waals surface area contributed by atoms with Crippen LogP contribution in [0.5, 0.6) is 0 Å². The highest BCUT2D eigenvalue weighted by Gasteiger charge is 2.13. The Kier molecular flexibility index (Phi) is 6.37. The SMILES string of the molecule is CC(C)C(CI)NCCN1CCCC1. The normalized spacial score (nSPS) is 20.6. The summed E-state index contributed by atoms with van der Waals surface area (Å²) < 4.78 is 1.22. The third-order valence-corrected chi connectivity index (χ3v) is 3.95. The molecule has 1 atom stereocenters. The van der Waals surface area contributed by atoms with Gasteiger partial charge in [-0.05, 0) is 31.8 Å². The number of hydrogen-bond acceptors (Lipinski definition) is 2. The third kappa shape index (κ3) is 4.45. The van der Waals surface area contributed by atoms with Crippen molar-refractivity contribution >= 4 is 22.6 Å². The van der Waals surface area contributed by atoms with Gasteiger partial charge in [0.15, 0.2) is 0 Å². The summed E-state index contributed by atoms with van der Waals surface area (Å²) in [6.07, 6.45) is 2.81. The first kappa shape index (κ1) is 12.7. The van der Waals surface area contributed by atoms with Crippen LogP contribution in [0.3, 0.4) is 0 Å². The van der Waals surface area contributed by atoms with Crippen LogP contribution < -0.4 is 5.32 Å². The van der Waals surface area contributed by atoms with E-state index in [1.807, 2.05) is 0 Å². The molecule has 0 aromatic carbocycles. The summed E-state index contributed by atoms with van der Waals surface area (Å²) in [6, 6.07) is 0.693. The smallest absolute Gasteiger partial charge is 0.0180 e. The molecule has 0 amide bonds. The Hall–Kier alpha value is 0.650.